The molecule has 1 atom stereocenters. The first-order chi connectivity index (χ1) is 10.8. The molecule has 0 bridgehead atoms. The summed E-state index contributed by atoms with van der Waals surface area (Å²) in [6.07, 6.45) is 0. The molecule has 112 valence electrons. The number of anilines is 1. The Morgan fingerprint density at radius 3 is 2.68 bits per heavy atom. The fourth-order valence-electron chi connectivity index (χ4n) is 3.21. The molecule has 0 saturated carbocycles. The van der Waals surface area contributed by atoms with E-state index in [2.05, 4.69) is 23.1 Å². The molecule has 0 aromatic heterocycles. The van der Waals surface area contributed by atoms with E-state index in [9.17, 15) is 4.39 Å². The second-order valence-corrected chi connectivity index (χ2v) is 6.76. The first-order valence-corrected chi connectivity index (χ1v) is 8.73. The summed E-state index contributed by atoms with van der Waals surface area (Å²) in [5.74, 6) is 2.02. The number of fused-ring (bicyclic) bond motifs is 3. The first-order valence-electron chi connectivity index (χ1n) is 7.58. The number of hydrogen-bond donors (Lipinski definition) is 0. The summed E-state index contributed by atoms with van der Waals surface area (Å²) in [5, 5.41) is 0. The van der Waals surface area contributed by atoms with E-state index in [0.717, 1.165) is 35.9 Å². The first kappa shape index (κ1) is 13.8. The maximum Gasteiger partial charge on any atom is 0.132 e. The number of halogens is 1. The van der Waals surface area contributed by atoms with Crippen molar-refractivity contribution in [1.29, 1.82) is 0 Å². The van der Waals surface area contributed by atoms with Crippen molar-refractivity contribution >= 4 is 23.2 Å². The predicted molar refractivity (Wildman–Crippen MR) is 91.8 cm³/mol. The van der Waals surface area contributed by atoms with Crippen LogP contribution in [0, 0.1) is 5.82 Å². The lowest BCUT2D eigenvalue weighted by Crippen LogP contribution is -2.44. The van der Waals surface area contributed by atoms with Gasteiger partial charge in [-0.2, -0.15) is 11.8 Å². The minimum absolute atomic E-state index is 0.203. The minimum Gasteiger partial charge on any atom is -0.364 e. The van der Waals surface area contributed by atoms with Crippen molar-refractivity contribution in [2.24, 2.45) is 4.99 Å². The van der Waals surface area contributed by atoms with Crippen molar-refractivity contribution in [3.8, 4) is 0 Å². The third-order valence-corrected chi connectivity index (χ3v) is 5.38. The lowest BCUT2D eigenvalue weighted by molar-refractivity contribution is 0.625. The van der Waals surface area contributed by atoms with Crippen molar-refractivity contribution in [2.45, 2.75) is 6.04 Å². The Labute approximate surface area is 134 Å². The highest BCUT2D eigenvalue weighted by molar-refractivity contribution is 7.99. The molecule has 2 aliphatic rings. The third-order valence-electron chi connectivity index (χ3n) is 4.29. The number of para-hydroxylation sites is 1. The van der Waals surface area contributed by atoms with Gasteiger partial charge in [-0.25, -0.2) is 4.39 Å². The van der Waals surface area contributed by atoms with Gasteiger partial charge in [0.05, 0.1) is 18.3 Å². The van der Waals surface area contributed by atoms with Gasteiger partial charge < -0.3 is 4.90 Å². The fraction of sp³-hybridized carbons (Fsp3) is 0.278. The van der Waals surface area contributed by atoms with E-state index in [4.69, 9.17) is 4.99 Å². The van der Waals surface area contributed by atoms with Crippen molar-refractivity contribution < 1.29 is 4.39 Å². The summed E-state index contributed by atoms with van der Waals surface area (Å²) in [6, 6.07) is 15.6. The standard InChI is InChI=1S/C18H17FN2S/c19-16-7-3-1-5-14(16)18-15-6-2-4-8-17(15)21-9-10-22-12-13(21)11-20-18/h1-8,13H,9-12H2. The van der Waals surface area contributed by atoms with Gasteiger partial charge in [0.2, 0.25) is 0 Å². The number of aliphatic imine (C=N–C) groups is 1. The monoisotopic (exact) mass is 312 g/mol. The smallest absolute Gasteiger partial charge is 0.132 e. The van der Waals surface area contributed by atoms with Gasteiger partial charge in [-0.05, 0) is 18.2 Å². The van der Waals surface area contributed by atoms with Gasteiger partial charge in [-0.3, -0.25) is 4.99 Å². The normalized spacial score (nSPS) is 20.7. The van der Waals surface area contributed by atoms with Gasteiger partial charge in [0.25, 0.3) is 0 Å². The summed E-state index contributed by atoms with van der Waals surface area (Å²) in [6.45, 7) is 1.76. The predicted octanol–water partition coefficient (Wildman–Crippen LogP) is 3.60. The topological polar surface area (TPSA) is 15.6 Å². The zero-order valence-electron chi connectivity index (χ0n) is 12.2. The Kier molecular flexibility index (Phi) is 3.62. The molecule has 4 rings (SSSR count). The van der Waals surface area contributed by atoms with Crippen LogP contribution >= 0.6 is 11.8 Å². The molecule has 1 saturated heterocycles. The Balaban J connectivity index is 1.88. The molecule has 4 heteroatoms. The van der Waals surface area contributed by atoms with Crippen molar-refractivity contribution in [1.82, 2.24) is 0 Å². The van der Waals surface area contributed by atoms with Crippen LogP contribution in [0.3, 0.4) is 0 Å². The van der Waals surface area contributed by atoms with Crippen molar-refractivity contribution in [3.63, 3.8) is 0 Å². The van der Waals surface area contributed by atoms with E-state index in [-0.39, 0.29) is 5.82 Å². The van der Waals surface area contributed by atoms with E-state index in [0.29, 0.717) is 11.6 Å². The summed E-state index contributed by atoms with van der Waals surface area (Å²) in [5.41, 5.74) is 3.62. The molecular weight excluding hydrogens is 295 g/mol. The zero-order chi connectivity index (χ0) is 14.9. The number of hydrogen-bond acceptors (Lipinski definition) is 3. The van der Waals surface area contributed by atoms with Crippen LogP contribution in [0.4, 0.5) is 10.1 Å². The van der Waals surface area contributed by atoms with Crippen LogP contribution in [0.1, 0.15) is 11.1 Å². The van der Waals surface area contributed by atoms with Gasteiger partial charge in [0.15, 0.2) is 0 Å². The number of rotatable bonds is 1. The molecule has 0 N–H and O–H groups in total. The highest BCUT2D eigenvalue weighted by Crippen LogP contribution is 2.32. The maximum absolute atomic E-state index is 14.3. The van der Waals surface area contributed by atoms with Crippen LogP contribution in [0.25, 0.3) is 0 Å². The lowest BCUT2D eigenvalue weighted by Gasteiger charge is -2.36. The zero-order valence-corrected chi connectivity index (χ0v) is 13.0. The van der Waals surface area contributed by atoms with Crippen molar-refractivity contribution in [2.75, 3.05) is 29.5 Å². The summed E-state index contributed by atoms with van der Waals surface area (Å²) in [7, 11) is 0. The maximum atomic E-state index is 14.3. The van der Waals surface area contributed by atoms with Gasteiger partial charge >= 0.3 is 0 Å². The van der Waals surface area contributed by atoms with Crippen LogP contribution in [0.15, 0.2) is 53.5 Å². The number of benzene rings is 2. The second kappa shape index (κ2) is 5.76. The highest BCUT2D eigenvalue weighted by Gasteiger charge is 2.29. The summed E-state index contributed by atoms with van der Waals surface area (Å²) in [4.78, 5) is 7.25. The molecule has 0 aliphatic carbocycles. The Morgan fingerprint density at radius 1 is 1.05 bits per heavy atom. The fourth-order valence-corrected chi connectivity index (χ4v) is 4.26. The van der Waals surface area contributed by atoms with Crippen LogP contribution < -0.4 is 4.90 Å². The molecule has 2 heterocycles. The van der Waals surface area contributed by atoms with Crippen LogP contribution in [-0.4, -0.2) is 36.3 Å². The molecule has 2 nitrogen and oxygen atoms in total. The van der Waals surface area contributed by atoms with Crippen LogP contribution in [0.5, 0.6) is 0 Å². The average Bonchev–Trinajstić information content (AvgIpc) is 2.73. The molecule has 2 aromatic rings. The molecule has 0 amide bonds. The Morgan fingerprint density at radius 2 is 1.82 bits per heavy atom. The molecule has 1 fully saturated rings. The quantitative estimate of drug-likeness (QED) is 0.799. The summed E-state index contributed by atoms with van der Waals surface area (Å²) >= 11 is 1.98. The average molecular weight is 312 g/mol. The summed E-state index contributed by atoms with van der Waals surface area (Å²) < 4.78 is 14.3. The van der Waals surface area contributed by atoms with E-state index in [1.807, 2.05) is 30.0 Å². The van der Waals surface area contributed by atoms with Gasteiger partial charge in [0.1, 0.15) is 5.82 Å². The highest BCUT2D eigenvalue weighted by atomic mass is 32.2. The lowest BCUT2D eigenvalue weighted by atomic mass is 9.99. The van der Waals surface area contributed by atoms with E-state index < -0.39 is 0 Å². The van der Waals surface area contributed by atoms with E-state index in [1.165, 1.54) is 11.8 Å². The van der Waals surface area contributed by atoms with E-state index >= 15 is 0 Å². The number of thioether (sulfide) groups is 1. The Bertz CT molecular complexity index is 729. The minimum atomic E-state index is -0.203. The molecule has 2 aliphatic heterocycles. The number of nitrogens with zero attached hydrogens (tertiary/aromatic N) is 2. The molecular formula is C18H17FN2S. The third kappa shape index (κ3) is 2.31. The molecule has 2 aromatic carbocycles. The van der Waals surface area contributed by atoms with Crippen molar-refractivity contribution in [3.05, 3.63) is 65.5 Å². The van der Waals surface area contributed by atoms with Gasteiger partial charge in [0, 0.05) is 34.9 Å². The van der Waals surface area contributed by atoms with Gasteiger partial charge in [-0.15, -0.1) is 0 Å². The van der Waals surface area contributed by atoms with E-state index in [1.54, 1.807) is 6.07 Å². The van der Waals surface area contributed by atoms with Crippen LogP contribution in [0.2, 0.25) is 0 Å². The Hall–Kier alpha value is -1.81. The van der Waals surface area contributed by atoms with Crippen LogP contribution in [-0.2, 0) is 0 Å². The molecule has 1 unspecified atom stereocenters. The molecule has 22 heavy (non-hydrogen) atoms. The SMILES string of the molecule is Fc1ccccc1C1=NCC2CSCCN2c2ccccc21. The molecule has 0 spiro atoms. The van der Waals surface area contributed by atoms with Gasteiger partial charge in [-0.1, -0.05) is 30.3 Å². The molecule has 0 radical (unpaired) electrons. The second-order valence-electron chi connectivity index (χ2n) is 5.61. The largest absolute Gasteiger partial charge is 0.364 e.